The summed E-state index contributed by atoms with van der Waals surface area (Å²) in [6.07, 6.45) is 0. The summed E-state index contributed by atoms with van der Waals surface area (Å²) >= 11 is 1.39. The molecule has 0 radical (unpaired) electrons. The van der Waals surface area contributed by atoms with E-state index in [4.69, 9.17) is 5.73 Å². The standard InChI is InChI=1S/C17H14FN3O3S/c1-8-11(18)4-10(16(19)23)6-12(8)21-17(24)9-2-3-14-13(5-9)20-15(22)7-25-14/h2-6H,7H2,1H3,(H2,19,23)(H,20,22)(H,21,24). The van der Waals surface area contributed by atoms with Crippen LogP contribution in [0.2, 0.25) is 0 Å². The number of anilines is 2. The highest BCUT2D eigenvalue weighted by atomic mass is 32.2. The van der Waals surface area contributed by atoms with Gasteiger partial charge in [-0.15, -0.1) is 11.8 Å². The number of carbonyl (C=O) groups is 3. The zero-order chi connectivity index (χ0) is 18.1. The van der Waals surface area contributed by atoms with Crippen LogP contribution >= 0.6 is 11.8 Å². The lowest BCUT2D eigenvalue weighted by Crippen LogP contribution is -2.20. The molecular formula is C17H14FN3O3S. The molecule has 0 bridgehead atoms. The smallest absolute Gasteiger partial charge is 0.255 e. The highest BCUT2D eigenvalue weighted by Crippen LogP contribution is 2.32. The van der Waals surface area contributed by atoms with E-state index in [1.54, 1.807) is 18.2 Å². The summed E-state index contributed by atoms with van der Waals surface area (Å²) in [5.74, 6) is -1.72. The zero-order valence-electron chi connectivity index (χ0n) is 13.2. The van der Waals surface area contributed by atoms with Crippen molar-refractivity contribution in [2.24, 2.45) is 5.73 Å². The summed E-state index contributed by atoms with van der Waals surface area (Å²) in [7, 11) is 0. The van der Waals surface area contributed by atoms with Gasteiger partial charge in [0.15, 0.2) is 0 Å². The third-order valence-corrected chi connectivity index (χ3v) is 4.83. The number of hydrogen-bond donors (Lipinski definition) is 3. The van der Waals surface area contributed by atoms with Gasteiger partial charge in [-0.2, -0.15) is 0 Å². The van der Waals surface area contributed by atoms with Gasteiger partial charge in [0.2, 0.25) is 11.8 Å². The van der Waals surface area contributed by atoms with E-state index in [2.05, 4.69) is 10.6 Å². The quantitative estimate of drug-likeness (QED) is 0.784. The van der Waals surface area contributed by atoms with E-state index in [1.165, 1.54) is 24.8 Å². The fourth-order valence-electron chi connectivity index (χ4n) is 2.37. The molecule has 1 aliphatic rings. The minimum absolute atomic E-state index is 0.0347. The van der Waals surface area contributed by atoms with Crippen molar-refractivity contribution in [3.63, 3.8) is 0 Å². The van der Waals surface area contributed by atoms with Gasteiger partial charge >= 0.3 is 0 Å². The van der Waals surface area contributed by atoms with Crippen LogP contribution in [0.4, 0.5) is 15.8 Å². The van der Waals surface area contributed by atoms with Gasteiger partial charge in [0.1, 0.15) is 5.82 Å². The van der Waals surface area contributed by atoms with E-state index in [1.807, 2.05) is 0 Å². The zero-order valence-corrected chi connectivity index (χ0v) is 14.0. The van der Waals surface area contributed by atoms with Crippen LogP contribution in [0.5, 0.6) is 0 Å². The summed E-state index contributed by atoms with van der Waals surface area (Å²) in [4.78, 5) is 36.1. The Morgan fingerprint density at radius 2 is 2.00 bits per heavy atom. The number of halogens is 1. The first kappa shape index (κ1) is 17.0. The number of benzene rings is 2. The number of fused-ring (bicyclic) bond motifs is 1. The molecule has 0 saturated heterocycles. The third-order valence-electron chi connectivity index (χ3n) is 3.75. The van der Waals surface area contributed by atoms with E-state index in [-0.39, 0.29) is 22.7 Å². The van der Waals surface area contributed by atoms with Crippen LogP contribution in [0, 0.1) is 12.7 Å². The SMILES string of the molecule is Cc1c(F)cc(C(N)=O)cc1NC(=O)c1ccc2c(c1)NC(=O)CS2. The summed E-state index contributed by atoms with van der Waals surface area (Å²) in [6, 6.07) is 7.26. The van der Waals surface area contributed by atoms with Gasteiger partial charge in [0, 0.05) is 27.3 Å². The lowest BCUT2D eigenvalue weighted by atomic mass is 10.1. The Hall–Kier alpha value is -2.87. The molecule has 8 heteroatoms. The average Bonchev–Trinajstić information content (AvgIpc) is 2.57. The van der Waals surface area contributed by atoms with E-state index in [9.17, 15) is 18.8 Å². The van der Waals surface area contributed by atoms with Crippen molar-refractivity contribution >= 4 is 40.9 Å². The molecule has 1 aliphatic heterocycles. The Morgan fingerprint density at radius 3 is 2.72 bits per heavy atom. The van der Waals surface area contributed by atoms with Crippen LogP contribution in [0.1, 0.15) is 26.3 Å². The van der Waals surface area contributed by atoms with Gasteiger partial charge < -0.3 is 16.4 Å². The number of rotatable bonds is 3. The second-order valence-corrected chi connectivity index (χ2v) is 6.51. The first-order valence-electron chi connectivity index (χ1n) is 7.33. The number of primary amides is 1. The summed E-state index contributed by atoms with van der Waals surface area (Å²) in [5, 5.41) is 5.28. The normalized spacial score (nSPS) is 13.0. The van der Waals surface area contributed by atoms with Gasteiger partial charge in [-0.3, -0.25) is 14.4 Å². The van der Waals surface area contributed by atoms with Gasteiger partial charge in [-0.1, -0.05) is 0 Å². The molecule has 0 spiro atoms. The molecule has 128 valence electrons. The van der Waals surface area contributed by atoms with Crippen LogP contribution < -0.4 is 16.4 Å². The second kappa shape index (κ2) is 6.56. The first-order chi connectivity index (χ1) is 11.8. The van der Waals surface area contributed by atoms with Crippen molar-refractivity contribution in [3.8, 4) is 0 Å². The minimum Gasteiger partial charge on any atom is -0.366 e. The van der Waals surface area contributed by atoms with E-state index < -0.39 is 17.6 Å². The largest absolute Gasteiger partial charge is 0.366 e. The molecular weight excluding hydrogens is 345 g/mol. The van der Waals surface area contributed by atoms with Crippen LogP contribution in [-0.2, 0) is 4.79 Å². The van der Waals surface area contributed by atoms with Gasteiger partial charge in [-0.05, 0) is 37.3 Å². The molecule has 25 heavy (non-hydrogen) atoms. The summed E-state index contributed by atoms with van der Waals surface area (Å²) < 4.78 is 13.9. The Labute approximate surface area is 147 Å². The van der Waals surface area contributed by atoms with Gasteiger partial charge in [0.05, 0.1) is 11.4 Å². The van der Waals surface area contributed by atoms with Crippen molar-refractivity contribution in [3.05, 3.63) is 52.8 Å². The number of carbonyl (C=O) groups excluding carboxylic acids is 3. The first-order valence-corrected chi connectivity index (χ1v) is 8.31. The van der Waals surface area contributed by atoms with E-state index in [0.717, 1.165) is 11.0 Å². The van der Waals surface area contributed by atoms with Crippen molar-refractivity contribution in [2.45, 2.75) is 11.8 Å². The lowest BCUT2D eigenvalue weighted by molar-refractivity contribution is -0.113. The highest BCUT2D eigenvalue weighted by molar-refractivity contribution is 8.00. The Bertz CT molecular complexity index is 914. The van der Waals surface area contributed by atoms with Crippen molar-refractivity contribution in [1.82, 2.24) is 0 Å². The number of nitrogens with one attached hydrogen (secondary N) is 2. The maximum absolute atomic E-state index is 13.9. The summed E-state index contributed by atoms with van der Waals surface area (Å²) in [5.41, 5.74) is 6.35. The van der Waals surface area contributed by atoms with Crippen LogP contribution in [-0.4, -0.2) is 23.5 Å². The fourth-order valence-corrected chi connectivity index (χ4v) is 3.16. The van der Waals surface area contributed by atoms with E-state index >= 15 is 0 Å². The van der Waals surface area contributed by atoms with Gasteiger partial charge in [0.25, 0.3) is 5.91 Å². The lowest BCUT2D eigenvalue weighted by Gasteiger charge is -2.17. The predicted molar refractivity (Wildman–Crippen MR) is 93.4 cm³/mol. The molecule has 4 N–H and O–H groups in total. The summed E-state index contributed by atoms with van der Waals surface area (Å²) in [6.45, 7) is 1.49. The highest BCUT2D eigenvalue weighted by Gasteiger charge is 2.18. The third kappa shape index (κ3) is 3.48. The Kier molecular flexibility index (Phi) is 4.45. The van der Waals surface area contributed by atoms with Crippen LogP contribution in [0.15, 0.2) is 35.2 Å². The molecule has 0 fully saturated rings. The van der Waals surface area contributed by atoms with Crippen molar-refractivity contribution in [1.29, 1.82) is 0 Å². The Balaban J connectivity index is 1.89. The van der Waals surface area contributed by atoms with Crippen LogP contribution in [0.25, 0.3) is 0 Å². The Morgan fingerprint density at radius 1 is 1.24 bits per heavy atom. The second-order valence-electron chi connectivity index (χ2n) is 5.50. The topological polar surface area (TPSA) is 101 Å². The predicted octanol–water partition coefficient (Wildman–Crippen LogP) is 2.53. The number of amides is 3. The minimum atomic E-state index is -0.789. The molecule has 0 saturated carbocycles. The van der Waals surface area contributed by atoms with Crippen LogP contribution in [0.3, 0.4) is 0 Å². The number of hydrogen-bond acceptors (Lipinski definition) is 4. The maximum atomic E-state index is 13.9. The molecule has 1 heterocycles. The van der Waals surface area contributed by atoms with Gasteiger partial charge in [-0.25, -0.2) is 4.39 Å². The molecule has 0 aromatic heterocycles. The van der Waals surface area contributed by atoms with E-state index in [0.29, 0.717) is 17.0 Å². The molecule has 0 atom stereocenters. The fraction of sp³-hybridized carbons (Fsp3) is 0.118. The molecule has 2 aromatic rings. The number of thioether (sulfide) groups is 1. The monoisotopic (exact) mass is 359 g/mol. The van der Waals surface area contributed by atoms with Crippen molar-refractivity contribution in [2.75, 3.05) is 16.4 Å². The molecule has 3 amide bonds. The molecule has 3 rings (SSSR count). The number of nitrogens with two attached hydrogens (primary N) is 1. The average molecular weight is 359 g/mol. The molecule has 2 aromatic carbocycles. The maximum Gasteiger partial charge on any atom is 0.255 e. The molecule has 0 aliphatic carbocycles. The molecule has 6 nitrogen and oxygen atoms in total. The van der Waals surface area contributed by atoms with Crippen molar-refractivity contribution < 1.29 is 18.8 Å². The molecule has 0 unspecified atom stereocenters.